The Labute approximate surface area is 181 Å². The normalized spacial score (nSPS) is 11.5. The van der Waals surface area contributed by atoms with Crippen molar-refractivity contribution in [1.29, 1.82) is 0 Å². The Balaban J connectivity index is 1.65. The fraction of sp³-hybridized carbons (Fsp3) is 0.409. The molecule has 0 unspecified atom stereocenters. The molecular weight excluding hydrogens is 398 g/mol. The maximum absolute atomic E-state index is 5.44. The van der Waals surface area contributed by atoms with E-state index in [9.17, 15) is 0 Å². The van der Waals surface area contributed by atoms with Crippen molar-refractivity contribution in [3.63, 3.8) is 0 Å². The van der Waals surface area contributed by atoms with E-state index in [4.69, 9.17) is 19.2 Å². The van der Waals surface area contributed by atoms with Crippen molar-refractivity contribution < 1.29 is 9.26 Å². The van der Waals surface area contributed by atoms with Gasteiger partial charge in [0.05, 0.1) is 31.6 Å². The average Bonchev–Trinajstić information content (AvgIpc) is 3.42. The number of rotatable bonds is 9. The first kappa shape index (κ1) is 21.8. The molecule has 0 aliphatic heterocycles. The van der Waals surface area contributed by atoms with Crippen LogP contribution in [-0.2, 0) is 25.9 Å². The van der Waals surface area contributed by atoms with Crippen LogP contribution in [0.25, 0.3) is 10.6 Å². The molecule has 0 amide bonds. The molecule has 2 aromatic heterocycles. The van der Waals surface area contributed by atoms with Crippen LogP contribution in [0, 0.1) is 0 Å². The second kappa shape index (κ2) is 10.8. The van der Waals surface area contributed by atoms with Gasteiger partial charge in [0.1, 0.15) is 16.5 Å². The van der Waals surface area contributed by atoms with Crippen LogP contribution in [0.2, 0.25) is 0 Å². The molecule has 0 atom stereocenters. The van der Waals surface area contributed by atoms with Gasteiger partial charge in [-0.25, -0.2) is 9.98 Å². The van der Waals surface area contributed by atoms with Crippen LogP contribution in [0.3, 0.4) is 0 Å². The molecule has 1 aromatic carbocycles. The Morgan fingerprint density at radius 3 is 2.60 bits per heavy atom. The highest BCUT2D eigenvalue weighted by Gasteiger charge is 2.13. The van der Waals surface area contributed by atoms with Crippen LogP contribution in [0.4, 0.5) is 0 Å². The SMILES string of the molecule is CCNC(=NCc1c(CC)noc1CC)NCc1csc(-c2ccc(OC)cc2)n1. The van der Waals surface area contributed by atoms with Gasteiger partial charge in [0.15, 0.2) is 5.96 Å². The van der Waals surface area contributed by atoms with Gasteiger partial charge in [-0.05, 0) is 37.6 Å². The van der Waals surface area contributed by atoms with Crippen LogP contribution < -0.4 is 15.4 Å². The zero-order chi connectivity index (χ0) is 21.3. The third-order valence-corrected chi connectivity index (χ3v) is 5.61. The summed E-state index contributed by atoms with van der Waals surface area (Å²) in [4.78, 5) is 9.47. The van der Waals surface area contributed by atoms with Crippen molar-refractivity contribution in [1.82, 2.24) is 20.8 Å². The smallest absolute Gasteiger partial charge is 0.191 e. The molecular formula is C22H29N5O2S. The number of methoxy groups -OCH3 is 1. The monoisotopic (exact) mass is 427 g/mol. The van der Waals surface area contributed by atoms with E-state index >= 15 is 0 Å². The Morgan fingerprint density at radius 1 is 1.13 bits per heavy atom. The molecule has 2 heterocycles. The number of aromatic nitrogens is 2. The molecule has 7 nitrogen and oxygen atoms in total. The average molecular weight is 428 g/mol. The van der Waals surface area contributed by atoms with E-state index in [0.29, 0.717) is 13.1 Å². The summed E-state index contributed by atoms with van der Waals surface area (Å²) in [7, 11) is 1.67. The second-order valence-corrected chi connectivity index (χ2v) is 7.52. The minimum atomic E-state index is 0.541. The van der Waals surface area contributed by atoms with Crippen LogP contribution in [0.15, 0.2) is 39.2 Å². The van der Waals surface area contributed by atoms with Crippen molar-refractivity contribution in [2.45, 2.75) is 46.7 Å². The fourth-order valence-electron chi connectivity index (χ4n) is 3.05. The first-order valence-electron chi connectivity index (χ1n) is 10.3. The molecule has 0 radical (unpaired) electrons. The molecule has 0 fully saturated rings. The lowest BCUT2D eigenvalue weighted by Crippen LogP contribution is -2.36. The predicted octanol–water partition coefficient (Wildman–Crippen LogP) is 4.19. The number of benzene rings is 1. The van der Waals surface area contributed by atoms with E-state index in [-0.39, 0.29) is 0 Å². The lowest BCUT2D eigenvalue weighted by atomic mass is 10.1. The van der Waals surface area contributed by atoms with Gasteiger partial charge in [0.2, 0.25) is 0 Å². The summed E-state index contributed by atoms with van der Waals surface area (Å²) in [6.07, 6.45) is 1.65. The highest BCUT2D eigenvalue weighted by atomic mass is 32.1. The topological polar surface area (TPSA) is 84.6 Å². The summed E-state index contributed by atoms with van der Waals surface area (Å²) >= 11 is 1.63. The van der Waals surface area contributed by atoms with Crippen LogP contribution in [0.5, 0.6) is 5.75 Å². The van der Waals surface area contributed by atoms with Crippen molar-refractivity contribution >= 4 is 17.3 Å². The molecule has 2 N–H and O–H groups in total. The summed E-state index contributed by atoms with van der Waals surface area (Å²) < 4.78 is 10.7. The van der Waals surface area contributed by atoms with Gasteiger partial charge in [-0.2, -0.15) is 0 Å². The molecule has 0 aliphatic rings. The third kappa shape index (κ3) is 5.38. The van der Waals surface area contributed by atoms with Crippen molar-refractivity contribution in [3.05, 3.63) is 52.4 Å². The summed E-state index contributed by atoms with van der Waals surface area (Å²) in [5.74, 6) is 2.51. The predicted molar refractivity (Wildman–Crippen MR) is 121 cm³/mol. The van der Waals surface area contributed by atoms with Crippen LogP contribution >= 0.6 is 11.3 Å². The number of hydrogen-bond acceptors (Lipinski definition) is 6. The van der Waals surface area contributed by atoms with Gasteiger partial charge in [0, 0.05) is 29.5 Å². The van der Waals surface area contributed by atoms with Gasteiger partial charge in [0.25, 0.3) is 0 Å². The fourth-order valence-corrected chi connectivity index (χ4v) is 3.87. The molecule has 160 valence electrons. The Bertz CT molecular complexity index is 941. The molecule has 0 aliphatic carbocycles. The lowest BCUT2D eigenvalue weighted by Gasteiger charge is -2.10. The summed E-state index contributed by atoms with van der Waals surface area (Å²) in [6.45, 7) is 8.12. The third-order valence-electron chi connectivity index (χ3n) is 4.67. The zero-order valence-corrected chi connectivity index (χ0v) is 18.8. The van der Waals surface area contributed by atoms with Crippen LogP contribution in [-0.4, -0.2) is 29.8 Å². The number of nitrogens with one attached hydrogen (secondary N) is 2. The first-order valence-corrected chi connectivity index (χ1v) is 11.1. The zero-order valence-electron chi connectivity index (χ0n) is 18.0. The molecule has 0 saturated carbocycles. The first-order chi connectivity index (χ1) is 14.7. The number of thiazole rings is 1. The molecule has 0 spiro atoms. The van der Waals surface area contributed by atoms with Gasteiger partial charge in [-0.15, -0.1) is 11.3 Å². The highest BCUT2D eigenvalue weighted by molar-refractivity contribution is 7.13. The molecule has 8 heteroatoms. The second-order valence-electron chi connectivity index (χ2n) is 6.66. The molecule has 3 aromatic rings. The molecule has 0 bridgehead atoms. The minimum absolute atomic E-state index is 0.541. The van der Waals surface area contributed by atoms with Gasteiger partial charge in [-0.1, -0.05) is 19.0 Å². The molecule has 3 rings (SSSR count). The minimum Gasteiger partial charge on any atom is -0.497 e. The van der Waals surface area contributed by atoms with E-state index < -0.39 is 0 Å². The Hall–Kier alpha value is -2.87. The summed E-state index contributed by atoms with van der Waals surface area (Å²) in [6, 6.07) is 7.95. The lowest BCUT2D eigenvalue weighted by molar-refractivity contribution is 0.380. The van der Waals surface area contributed by atoms with E-state index in [1.54, 1.807) is 18.4 Å². The van der Waals surface area contributed by atoms with Gasteiger partial charge >= 0.3 is 0 Å². The highest BCUT2D eigenvalue weighted by Crippen LogP contribution is 2.25. The van der Waals surface area contributed by atoms with Crippen molar-refractivity contribution in [2.75, 3.05) is 13.7 Å². The Kier molecular flexibility index (Phi) is 7.84. The molecule has 30 heavy (non-hydrogen) atoms. The van der Waals surface area contributed by atoms with Gasteiger partial charge in [-0.3, -0.25) is 0 Å². The summed E-state index contributed by atoms with van der Waals surface area (Å²) in [5, 5.41) is 13.9. The number of nitrogens with zero attached hydrogens (tertiary/aromatic N) is 3. The number of aryl methyl sites for hydroxylation is 2. The molecule has 0 saturated heterocycles. The standard InChI is InChI=1S/C22H29N5O2S/c1-5-19-18(20(6-2)29-27-19)13-25-22(23-7-3)24-12-16-14-30-21(26-16)15-8-10-17(28-4)11-9-15/h8-11,14H,5-7,12-13H2,1-4H3,(H2,23,24,25). The number of ether oxygens (including phenoxy) is 1. The maximum Gasteiger partial charge on any atom is 0.191 e. The van der Waals surface area contributed by atoms with E-state index in [1.807, 2.05) is 24.3 Å². The van der Waals surface area contributed by atoms with Crippen molar-refractivity contribution in [2.24, 2.45) is 4.99 Å². The van der Waals surface area contributed by atoms with Crippen LogP contribution in [0.1, 0.15) is 43.5 Å². The van der Waals surface area contributed by atoms with E-state index in [2.05, 4.69) is 41.9 Å². The number of hydrogen-bond donors (Lipinski definition) is 2. The number of guanidine groups is 1. The van der Waals surface area contributed by atoms with E-state index in [1.165, 1.54) is 0 Å². The largest absolute Gasteiger partial charge is 0.497 e. The van der Waals surface area contributed by atoms with E-state index in [0.717, 1.165) is 64.4 Å². The quantitative estimate of drug-likeness (QED) is 0.394. The maximum atomic E-state index is 5.44. The number of aliphatic imine (C=N–C) groups is 1. The van der Waals surface area contributed by atoms with Crippen molar-refractivity contribution in [3.8, 4) is 16.3 Å². The Morgan fingerprint density at radius 2 is 1.93 bits per heavy atom. The summed E-state index contributed by atoms with van der Waals surface area (Å²) in [5.41, 5.74) is 4.13. The van der Waals surface area contributed by atoms with Gasteiger partial charge < -0.3 is 19.9 Å².